The molecule has 1 N–H and O–H groups in total. The van der Waals surface area contributed by atoms with E-state index < -0.39 is 23.2 Å². The number of hydrogen-bond acceptors (Lipinski definition) is 5. The Bertz CT molecular complexity index is 797. The fourth-order valence-corrected chi connectivity index (χ4v) is 5.55. The van der Waals surface area contributed by atoms with Crippen LogP contribution in [0.1, 0.15) is 74.1 Å². The number of amides is 5. The second-order valence-corrected chi connectivity index (χ2v) is 10.8. The highest BCUT2D eigenvalue weighted by Gasteiger charge is 2.68. The van der Waals surface area contributed by atoms with Gasteiger partial charge in [-0.15, -0.1) is 0 Å². The van der Waals surface area contributed by atoms with E-state index in [1.54, 1.807) is 30.6 Å². The Morgan fingerprint density at radius 3 is 2.24 bits per heavy atom. The Kier molecular flexibility index (Phi) is 7.01. The Morgan fingerprint density at radius 2 is 1.79 bits per heavy atom. The maximum atomic E-state index is 13.7. The third kappa shape index (κ3) is 4.43. The zero-order valence-electron chi connectivity index (χ0n) is 21.1. The number of urea groups is 1. The highest BCUT2D eigenvalue weighted by atomic mass is 16.6. The smallest absolute Gasteiger partial charge is 0.408 e. The van der Waals surface area contributed by atoms with Crippen LogP contribution in [0.4, 0.5) is 9.59 Å². The molecule has 0 radical (unpaired) electrons. The molecule has 1 spiro atoms. The van der Waals surface area contributed by atoms with Gasteiger partial charge in [0.2, 0.25) is 11.8 Å². The van der Waals surface area contributed by atoms with Crippen molar-refractivity contribution in [1.29, 1.82) is 0 Å². The molecule has 2 heterocycles. The lowest BCUT2D eigenvalue weighted by molar-refractivity contribution is -0.145. The number of fused-ring (bicyclic) bond motifs is 2. The second-order valence-electron chi connectivity index (χ2n) is 10.8. The van der Waals surface area contributed by atoms with E-state index in [1.807, 2.05) is 27.7 Å². The quantitative estimate of drug-likeness (QED) is 0.674. The standard InChI is InChI=1S/C24H40N4O5/c1-8-26(9-2)22(32)28-16-11-14-27(18(16)24(20(28)30)12-10-13-24)19(29)17(15(3)4)25-21(31)33-23(5,6)7/h15-18H,8-14H2,1-7H3,(H,25,31)/t16-,17-,18-/m0/s1. The van der Waals surface area contributed by atoms with Crippen molar-refractivity contribution in [2.75, 3.05) is 19.6 Å². The molecule has 3 aliphatic rings. The van der Waals surface area contributed by atoms with Gasteiger partial charge < -0.3 is 19.9 Å². The zero-order valence-corrected chi connectivity index (χ0v) is 21.1. The van der Waals surface area contributed by atoms with Crippen LogP contribution in [0.2, 0.25) is 0 Å². The van der Waals surface area contributed by atoms with Crippen molar-refractivity contribution in [3.05, 3.63) is 0 Å². The van der Waals surface area contributed by atoms with E-state index in [-0.39, 0.29) is 35.8 Å². The number of alkyl carbamates (subject to hydrolysis) is 1. The number of carbonyl (C=O) groups is 4. The number of rotatable bonds is 5. The van der Waals surface area contributed by atoms with Crippen molar-refractivity contribution in [2.24, 2.45) is 11.3 Å². The minimum atomic E-state index is -0.765. The molecule has 2 aliphatic heterocycles. The maximum Gasteiger partial charge on any atom is 0.408 e. The topological polar surface area (TPSA) is 99.3 Å². The van der Waals surface area contributed by atoms with E-state index in [0.717, 1.165) is 6.42 Å². The van der Waals surface area contributed by atoms with E-state index in [1.165, 1.54) is 4.90 Å². The molecule has 9 nitrogen and oxygen atoms in total. The molecule has 0 bridgehead atoms. The van der Waals surface area contributed by atoms with Crippen molar-refractivity contribution in [1.82, 2.24) is 20.0 Å². The summed E-state index contributed by atoms with van der Waals surface area (Å²) in [5.74, 6) is -0.508. The van der Waals surface area contributed by atoms with Gasteiger partial charge in [-0.2, -0.15) is 0 Å². The molecule has 5 amide bonds. The van der Waals surface area contributed by atoms with Gasteiger partial charge in [-0.1, -0.05) is 20.3 Å². The summed E-state index contributed by atoms with van der Waals surface area (Å²) in [6, 6.07) is -1.68. The minimum Gasteiger partial charge on any atom is -0.444 e. The summed E-state index contributed by atoms with van der Waals surface area (Å²) in [5, 5.41) is 2.75. The van der Waals surface area contributed by atoms with Crippen LogP contribution in [0.15, 0.2) is 0 Å². The average Bonchev–Trinajstić information content (AvgIpc) is 3.19. The van der Waals surface area contributed by atoms with Gasteiger partial charge in [-0.05, 0) is 59.8 Å². The van der Waals surface area contributed by atoms with E-state index >= 15 is 0 Å². The molecule has 186 valence electrons. The van der Waals surface area contributed by atoms with Crippen molar-refractivity contribution in [2.45, 2.75) is 97.9 Å². The SMILES string of the molecule is CCN(CC)C(=O)N1C(=O)C2(CCC2)[C@@H]2[C@@H]1CCN2C(=O)[C@@H](NC(=O)OC(C)(C)C)C(C)C. The Balaban J connectivity index is 1.86. The summed E-state index contributed by atoms with van der Waals surface area (Å²) in [4.78, 5) is 57.8. The van der Waals surface area contributed by atoms with Crippen LogP contribution < -0.4 is 5.32 Å². The molecule has 0 aromatic heterocycles. The third-order valence-corrected chi connectivity index (χ3v) is 7.28. The lowest BCUT2D eigenvalue weighted by atomic mass is 9.64. The molecule has 3 atom stereocenters. The highest BCUT2D eigenvalue weighted by Crippen LogP contribution is 2.56. The fourth-order valence-electron chi connectivity index (χ4n) is 5.55. The van der Waals surface area contributed by atoms with Gasteiger partial charge in [0.15, 0.2) is 0 Å². The number of ether oxygens (including phenoxy) is 1. The maximum absolute atomic E-state index is 13.7. The summed E-state index contributed by atoms with van der Waals surface area (Å²) < 4.78 is 5.37. The molecule has 33 heavy (non-hydrogen) atoms. The summed E-state index contributed by atoms with van der Waals surface area (Å²) >= 11 is 0. The van der Waals surface area contributed by atoms with Gasteiger partial charge in [0.1, 0.15) is 11.6 Å². The molecule has 3 rings (SSSR count). The minimum absolute atomic E-state index is 0.139. The summed E-state index contributed by atoms with van der Waals surface area (Å²) in [7, 11) is 0. The Labute approximate surface area is 197 Å². The molecule has 9 heteroatoms. The van der Waals surface area contributed by atoms with Crippen LogP contribution in [0.5, 0.6) is 0 Å². The Hall–Kier alpha value is -2.32. The second kappa shape index (κ2) is 9.14. The molecular formula is C24H40N4O5. The first-order valence-corrected chi connectivity index (χ1v) is 12.3. The number of nitrogens with one attached hydrogen (secondary N) is 1. The summed E-state index contributed by atoms with van der Waals surface area (Å²) in [6.45, 7) is 14.4. The van der Waals surface area contributed by atoms with Crippen LogP contribution >= 0.6 is 0 Å². The van der Waals surface area contributed by atoms with E-state index in [9.17, 15) is 19.2 Å². The predicted molar refractivity (Wildman–Crippen MR) is 123 cm³/mol. The molecule has 0 unspecified atom stereocenters. The van der Waals surface area contributed by atoms with Crippen molar-refractivity contribution < 1.29 is 23.9 Å². The first-order valence-electron chi connectivity index (χ1n) is 12.3. The van der Waals surface area contributed by atoms with E-state index in [0.29, 0.717) is 38.9 Å². The van der Waals surface area contributed by atoms with Crippen LogP contribution in [-0.4, -0.2) is 82.0 Å². The van der Waals surface area contributed by atoms with Gasteiger partial charge >= 0.3 is 12.1 Å². The van der Waals surface area contributed by atoms with Gasteiger partial charge in [0.25, 0.3) is 0 Å². The van der Waals surface area contributed by atoms with Crippen LogP contribution in [0.25, 0.3) is 0 Å². The normalized spacial score (nSPS) is 24.5. The van der Waals surface area contributed by atoms with E-state index in [2.05, 4.69) is 5.32 Å². The van der Waals surface area contributed by atoms with Crippen LogP contribution in [0.3, 0.4) is 0 Å². The molecule has 0 aromatic carbocycles. The molecule has 0 aromatic rings. The van der Waals surface area contributed by atoms with Crippen LogP contribution in [-0.2, 0) is 14.3 Å². The first-order chi connectivity index (χ1) is 15.4. The van der Waals surface area contributed by atoms with Gasteiger partial charge in [0, 0.05) is 19.6 Å². The van der Waals surface area contributed by atoms with E-state index in [4.69, 9.17) is 4.74 Å². The number of carbonyl (C=O) groups excluding carboxylic acids is 4. The molecule has 1 aliphatic carbocycles. The number of likely N-dealkylation sites (tertiary alicyclic amines) is 2. The number of hydrogen-bond donors (Lipinski definition) is 1. The number of imide groups is 1. The molecule has 3 fully saturated rings. The molecule has 1 saturated carbocycles. The van der Waals surface area contributed by atoms with Gasteiger partial charge in [-0.3, -0.25) is 14.5 Å². The predicted octanol–water partition coefficient (Wildman–Crippen LogP) is 2.98. The third-order valence-electron chi connectivity index (χ3n) is 7.28. The van der Waals surface area contributed by atoms with Gasteiger partial charge in [-0.25, -0.2) is 9.59 Å². The van der Waals surface area contributed by atoms with Crippen molar-refractivity contribution in [3.8, 4) is 0 Å². The van der Waals surface area contributed by atoms with Crippen LogP contribution in [0, 0.1) is 11.3 Å². The highest BCUT2D eigenvalue weighted by molar-refractivity contribution is 6.02. The van der Waals surface area contributed by atoms with Gasteiger partial charge in [0.05, 0.1) is 17.5 Å². The lowest BCUT2D eigenvalue weighted by Gasteiger charge is -2.44. The van der Waals surface area contributed by atoms with Crippen molar-refractivity contribution in [3.63, 3.8) is 0 Å². The Morgan fingerprint density at radius 1 is 1.18 bits per heavy atom. The number of nitrogens with zero attached hydrogens (tertiary/aromatic N) is 3. The summed E-state index contributed by atoms with van der Waals surface area (Å²) in [5.41, 5.74) is -1.36. The zero-order chi connectivity index (χ0) is 24.7. The monoisotopic (exact) mass is 464 g/mol. The first kappa shape index (κ1) is 25.3. The average molecular weight is 465 g/mol. The lowest BCUT2D eigenvalue weighted by Crippen LogP contribution is -2.58. The summed E-state index contributed by atoms with van der Waals surface area (Å²) in [6.07, 6.45) is 2.21. The molecule has 2 saturated heterocycles. The fraction of sp³-hybridized carbons (Fsp3) is 0.833. The van der Waals surface area contributed by atoms with Crippen molar-refractivity contribution >= 4 is 23.9 Å². The molecular weight excluding hydrogens is 424 g/mol. The largest absolute Gasteiger partial charge is 0.444 e.